The van der Waals surface area contributed by atoms with E-state index in [1.807, 2.05) is 30.3 Å². The highest BCUT2D eigenvalue weighted by Gasteiger charge is 2.14. The van der Waals surface area contributed by atoms with E-state index in [9.17, 15) is 8.42 Å². The number of hydrogen-bond acceptors (Lipinski definition) is 4. The molecule has 0 saturated carbocycles. The van der Waals surface area contributed by atoms with Crippen LogP contribution in [0.1, 0.15) is 24.6 Å². The van der Waals surface area contributed by atoms with Crippen molar-refractivity contribution in [1.82, 2.24) is 4.98 Å². The Balaban J connectivity index is 2.17. The number of nitrogens with zero attached hydrogens (tertiary/aromatic N) is 1. The van der Waals surface area contributed by atoms with Gasteiger partial charge in [-0.2, -0.15) is 0 Å². The third kappa shape index (κ3) is 4.01. The molecule has 2 rings (SSSR count). The Labute approximate surface area is 127 Å². The van der Waals surface area contributed by atoms with Crippen LogP contribution in [0.15, 0.2) is 34.8 Å². The van der Waals surface area contributed by atoms with Gasteiger partial charge < -0.3 is 5.73 Å². The zero-order chi connectivity index (χ0) is 14.8. The first-order valence-electron chi connectivity index (χ1n) is 6.35. The first-order valence-corrected chi connectivity index (χ1v) is 9.20. The zero-order valence-electron chi connectivity index (χ0n) is 11.2. The molecular formula is C14H17BrN2O2S. The van der Waals surface area contributed by atoms with Gasteiger partial charge in [-0.05, 0) is 40.9 Å². The summed E-state index contributed by atoms with van der Waals surface area (Å²) in [6, 6.07) is 9.55. The number of pyridine rings is 1. The van der Waals surface area contributed by atoms with Gasteiger partial charge in [0.05, 0.1) is 11.2 Å². The van der Waals surface area contributed by atoms with Gasteiger partial charge in [0.2, 0.25) is 0 Å². The molecule has 0 aliphatic heterocycles. The second-order valence-electron chi connectivity index (χ2n) is 4.93. The largest absolute Gasteiger partial charge is 0.323 e. The van der Waals surface area contributed by atoms with E-state index in [1.54, 1.807) is 0 Å². The fourth-order valence-electron chi connectivity index (χ4n) is 2.07. The molecule has 6 heteroatoms. The van der Waals surface area contributed by atoms with E-state index in [1.165, 1.54) is 6.26 Å². The number of aromatic nitrogens is 1. The average molecular weight is 357 g/mol. The van der Waals surface area contributed by atoms with Crippen molar-refractivity contribution in [2.75, 3.05) is 12.0 Å². The number of rotatable bonds is 5. The Morgan fingerprint density at radius 3 is 2.75 bits per heavy atom. The molecule has 1 atom stereocenters. The Morgan fingerprint density at radius 2 is 2.05 bits per heavy atom. The summed E-state index contributed by atoms with van der Waals surface area (Å²) in [5, 5.41) is 1.05. The minimum atomic E-state index is -2.93. The van der Waals surface area contributed by atoms with Crippen LogP contribution in [0.2, 0.25) is 0 Å². The molecule has 2 N–H and O–H groups in total. The van der Waals surface area contributed by atoms with Crippen LogP contribution >= 0.6 is 15.9 Å². The quantitative estimate of drug-likeness (QED) is 0.893. The summed E-state index contributed by atoms with van der Waals surface area (Å²) < 4.78 is 23.1. The smallest absolute Gasteiger partial charge is 0.147 e. The molecule has 20 heavy (non-hydrogen) atoms. The van der Waals surface area contributed by atoms with Gasteiger partial charge in [0.1, 0.15) is 9.84 Å². The lowest BCUT2D eigenvalue weighted by Crippen LogP contribution is -2.15. The highest BCUT2D eigenvalue weighted by Crippen LogP contribution is 2.27. The number of halogens is 1. The molecular weight excluding hydrogens is 340 g/mol. The Hall–Kier alpha value is -0.980. The van der Waals surface area contributed by atoms with E-state index in [2.05, 4.69) is 20.9 Å². The van der Waals surface area contributed by atoms with Crippen LogP contribution in [0, 0.1) is 0 Å². The molecule has 0 spiro atoms. The average Bonchev–Trinajstić information content (AvgIpc) is 2.36. The predicted molar refractivity (Wildman–Crippen MR) is 85.3 cm³/mol. The Morgan fingerprint density at radius 1 is 1.35 bits per heavy atom. The normalized spacial score (nSPS) is 13.6. The highest BCUT2D eigenvalue weighted by atomic mass is 79.9. The summed E-state index contributed by atoms with van der Waals surface area (Å²) in [5.41, 5.74) is 7.80. The third-order valence-corrected chi connectivity index (χ3v) is 4.75. The van der Waals surface area contributed by atoms with E-state index >= 15 is 0 Å². The van der Waals surface area contributed by atoms with E-state index < -0.39 is 9.84 Å². The van der Waals surface area contributed by atoms with Crippen LogP contribution in [0.5, 0.6) is 0 Å². The topological polar surface area (TPSA) is 73.0 Å². The third-order valence-electron chi connectivity index (χ3n) is 3.09. The van der Waals surface area contributed by atoms with Crippen LogP contribution in [-0.4, -0.2) is 25.4 Å². The molecule has 0 aliphatic rings. The fraction of sp³-hybridized carbons (Fsp3) is 0.357. The minimum absolute atomic E-state index is 0.159. The van der Waals surface area contributed by atoms with Gasteiger partial charge in [-0.1, -0.05) is 18.2 Å². The van der Waals surface area contributed by atoms with E-state index in [-0.39, 0.29) is 11.8 Å². The lowest BCUT2D eigenvalue weighted by atomic mass is 10.1. The highest BCUT2D eigenvalue weighted by molar-refractivity contribution is 9.10. The van der Waals surface area contributed by atoms with Gasteiger partial charge in [-0.15, -0.1) is 0 Å². The summed E-state index contributed by atoms with van der Waals surface area (Å²) in [4.78, 5) is 4.57. The predicted octanol–water partition coefficient (Wildman–Crippen LogP) is 2.82. The standard InChI is InChI=1S/C14H17BrN2O2S/c1-20(18,19)8-4-6-12(16)14-11(15)9-10-5-2-3-7-13(10)17-14/h2-3,5,7,9,12H,4,6,8,16H2,1H3. The summed E-state index contributed by atoms with van der Waals surface area (Å²) in [6.07, 6.45) is 2.38. The maximum absolute atomic E-state index is 11.1. The maximum Gasteiger partial charge on any atom is 0.147 e. The van der Waals surface area contributed by atoms with Gasteiger partial charge in [-0.3, -0.25) is 0 Å². The van der Waals surface area contributed by atoms with Gasteiger partial charge in [-0.25, -0.2) is 13.4 Å². The van der Waals surface area contributed by atoms with E-state index in [0.29, 0.717) is 12.8 Å². The molecule has 1 aromatic carbocycles. The molecule has 0 saturated heterocycles. The number of nitrogens with two attached hydrogens (primary N) is 1. The van der Waals surface area contributed by atoms with Crippen LogP contribution < -0.4 is 5.73 Å². The molecule has 2 aromatic rings. The molecule has 0 fully saturated rings. The molecule has 4 nitrogen and oxygen atoms in total. The van der Waals surface area contributed by atoms with Crippen molar-refractivity contribution in [3.63, 3.8) is 0 Å². The molecule has 0 bridgehead atoms. The van der Waals surface area contributed by atoms with E-state index in [0.717, 1.165) is 21.1 Å². The van der Waals surface area contributed by atoms with Crippen molar-refractivity contribution < 1.29 is 8.42 Å². The number of hydrogen-bond donors (Lipinski definition) is 1. The summed E-state index contributed by atoms with van der Waals surface area (Å²) in [6.45, 7) is 0. The second-order valence-corrected chi connectivity index (χ2v) is 8.04. The van der Waals surface area contributed by atoms with Gasteiger partial charge in [0.25, 0.3) is 0 Å². The van der Waals surface area contributed by atoms with Gasteiger partial charge in [0, 0.05) is 27.9 Å². The lowest BCUT2D eigenvalue weighted by Gasteiger charge is -2.13. The number of sulfone groups is 1. The molecule has 1 heterocycles. The van der Waals surface area contributed by atoms with Crippen LogP contribution in [0.4, 0.5) is 0 Å². The Kier molecular flexibility index (Phi) is 4.78. The first-order chi connectivity index (χ1) is 9.37. The minimum Gasteiger partial charge on any atom is -0.323 e. The number of fused-ring (bicyclic) bond motifs is 1. The fourth-order valence-corrected chi connectivity index (χ4v) is 3.39. The Bertz CT molecular complexity index is 716. The molecule has 0 aliphatic carbocycles. The molecule has 0 amide bonds. The van der Waals surface area contributed by atoms with Crippen molar-refractivity contribution >= 4 is 36.7 Å². The van der Waals surface area contributed by atoms with Gasteiger partial charge in [0.15, 0.2) is 0 Å². The summed E-state index contributed by atoms with van der Waals surface area (Å²) >= 11 is 3.49. The van der Waals surface area contributed by atoms with Crippen molar-refractivity contribution in [3.05, 3.63) is 40.5 Å². The molecule has 1 unspecified atom stereocenters. The lowest BCUT2D eigenvalue weighted by molar-refractivity contribution is 0.584. The monoisotopic (exact) mass is 356 g/mol. The van der Waals surface area contributed by atoms with Crippen molar-refractivity contribution in [3.8, 4) is 0 Å². The van der Waals surface area contributed by atoms with Crippen molar-refractivity contribution in [2.24, 2.45) is 5.73 Å². The van der Waals surface area contributed by atoms with Gasteiger partial charge >= 0.3 is 0 Å². The first kappa shape index (κ1) is 15.4. The number of benzene rings is 1. The maximum atomic E-state index is 11.1. The van der Waals surface area contributed by atoms with Crippen LogP contribution in [0.25, 0.3) is 10.9 Å². The number of para-hydroxylation sites is 1. The van der Waals surface area contributed by atoms with Crippen LogP contribution in [0.3, 0.4) is 0 Å². The second kappa shape index (κ2) is 6.20. The summed E-state index contributed by atoms with van der Waals surface area (Å²) in [5.74, 6) is 0.159. The molecule has 0 radical (unpaired) electrons. The van der Waals surface area contributed by atoms with Crippen LogP contribution in [-0.2, 0) is 9.84 Å². The summed E-state index contributed by atoms with van der Waals surface area (Å²) in [7, 11) is -2.93. The molecule has 1 aromatic heterocycles. The molecule has 108 valence electrons. The van der Waals surface area contributed by atoms with E-state index in [4.69, 9.17) is 5.73 Å². The zero-order valence-corrected chi connectivity index (χ0v) is 13.6. The van der Waals surface area contributed by atoms with Crippen molar-refractivity contribution in [1.29, 1.82) is 0 Å². The SMILES string of the molecule is CS(=O)(=O)CCCC(N)c1nc2ccccc2cc1Br. The van der Waals surface area contributed by atoms with Crippen molar-refractivity contribution in [2.45, 2.75) is 18.9 Å².